The summed E-state index contributed by atoms with van der Waals surface area (Å²) in [6, 6.07) is 6.86. The lowest BCUT2D eigenvalue weighted by Gasteiger charge is -2.27. The third-order valence-corrected chi connectivity index (χ3v) is 3.72. The number of piperazine rings is 1. The predicted molar refractivity (Wildman–Crippen MR) is 73.5 cm³/mol. The molecule has 17 heavy (non-hydrogen) atoms. The lowest BCUT2D eigenvalue weighted by molar-refractivity contribution is 0.238. The van der Waals surface area contributed by atoms with E-state index in [4.69, 9.17) is 0 Å². The van der Waals surface area contributed by atoms with Crippen molar-refractivity contribution in [1.29, 1.82) is 0 Å². The maximum atomic E-state index is 3.39. The largest absolute Gasteiger partial charge is 0.314 e. The van der Waals surface area contributed by atoms with Gasteiger partial charge in [0.2, 0.25) is 0 Å². The molecule has 1 fully saturated rings. The fourth-order valence-corrected chi connectivity index (χ4v) is 2.40. The summed E-state index contributed by atoms with van der Waals surface area (Å²) < 4.78 is 0. The Morgan fingerprint density at radius 1 is 1.12 bits per heavy atom. The Morgan fingerprint density at radius 2 is 1.88 bits per heavy atom. The molecular weight excluding hydrogens is 208 g/mol. The van der Waals surface area contributed by atoms with Crippen LogP contribution in [0.4, 0.5) is 0 Å². The van der Waals surface area contributed by atoms with Gasteiger partial charge in [0, 0.05) is 26.2 Å². The van der Waals surface area contributed by atoms with E-state index in [9.17, 15) is 0 Å². The molecule has 94 valence electrons. The number of nitrogens with zero attached hydrogens (tertiary/aromatic N) is 1. The van der Waals surface area contributed by atoms with Gasteiger partial charge in [-0.1, -0.05) is 18.2 Å². The summed E-state index contributed by atoms with van der Waals surface area (Å²) in [6.07, 6.45) is 2.49. The summed E-state index contributed by atoms with van der Waals surface area (Å²) >= 11 is 0. The summed E-state index contributed by atoms with van der Waals surface area (Å²) in [5.74, 6) is 0. The average Bonchev–Trinajstić information content (AvgIpc) is 2.35. The fraction of sp³-hybridized carbons (Fsp3) is 0.600. The van der Waals surface area contributed by atoms with Crippen molar-refractivity contribution in [2.24, 2.45) is 0 Å². The van der Waals surface area contributed by atoms with Crippen LogP contribution in [0.15, 0.2) is 18.2 Å². The van der Waals surface area contributed by atoms with E-state index in [1.165, 1.54) is 49.2 Å². The van der Waals surface area contributed by atoms with E-state index in [0.29, 0.717) is 0 Å². The second-order valence-electron chi connectivity index (χ2n) is 5.11. The molecule has 2 rings (SSSR count). The van der Waals surface area contributed by atoms with Crippen LogP contribution in [-0.2, 0) is 6.42 Å². The van der Waals surface area contributed by atoms with Crippen molar-refractivity contribution in [2.75, 3.05) is 32.7 Å². The molecule has 2 nitrogen and oxygen atoms in total. The van der Waals surface area contributed by atoms with Crippen LogP contribution in [0.3, 0.4) is 0 Å². The van der Waals surface area contributed by atoms with Crippen LogP contribution in [0, 0.1) is 13.8 Å². The van der Waals surface area contributed by atoms with E-state index in [1.54, 1.807) is 0 Å². The third-order valence-electron chi connectivity index (χ3n) is 3.72. The monoisotopic (exact) mass is 232 g/mol. The molecule has 1 aliphatic rings. The standard InChI is InChI=1S/C15H24N2/c1-13-5-6-15(12-14(13)2)4-3-9-17-10-7-16-8-11-17/h5-6,12,16H,3-4,7-11H2,1-2H3. The molecule has 0 amide bonds. The maximum Gasteiger partial charge on any atom is 0.0107 e. The molecule has 0 bridgehead atoms. The van der Waals surface area contributed by atoms with Crippen LogP contribution in [-0.4, -0.2) is 37.6 Å². The average molecular weight is 232 g/mol. The zero-order chi connectivity index (χ0) is 12.1. The van der Waals surface area contributed by atoms with Gasteiger partial charge in [-0.25, -0.2) is 0 Å². The van der Waals surface area contributed by atoms with Gasteiger partial charge in [-0.2, -0.15) is 0 Å². The normalized spacial score (nSPS) is 17.3. The molecule has 1 aromatic carbocycles. The molecule has 0 spiro atoms. The molecule has 1 heterocycles. The van der Waals surface area contributed by atoms with Crippen molar-refractivity contribution >= 4 is 0 Å². The highest BCUT2D eigenvalue weighted by atomic mass is 15.2. The molecular formula is C15H24N2. The predicted octanol–water partition coefficient (Wildman–Crippen LogP) is 2.14. The van der Waals surface area contributed by atoms with Crippen LogP contribution in [0.1, 0.15) is 23.1 Å². The first kappa shape index (κ1) is 12.6. The summed E-state index contributed by atoms with van der Waals surface area (Å²) in [5, 5.41) is 3.39. The van der Waals surface area contributed by atoms with E-state index >= 15 is 0 Å². The molecule has 0 unspecified atom stereocenters. The Hall–Kier alpha value is -0.860. The molecule has 1 aliphatic heterocycles. The van der Waals surface area contributed by atoms with Gasteiger partial charge in [-0.05, 0) is 49.9 Å². The highest BCUT2D eigenvalue weighted by molar-refractivity contribution is 5.29. The molecule has 1 saturated heterocycles. The van der Waals surface area contributed by atoms with Crippen molar-refractivity contribution in [2.45, 2.75) is 26.7 Å². The van der Waals surface area contributed by atoms with E-state index in [-0.39, 0.29) is 0 Å². The third kappa shape index (κ3) is 3.83. The van der Waals surface area contributed by atoms with Gasteiger partial charge in [0.1, 0.15) is 0 Å². The Balaban J connectivity index is 1.75. The number of nitrogens with one attached hydrogen (secondary N) is 1. The fourth-order valence-electron chi connectivity index (χ4n) is 2.40. The van der Waals surface area contributed by atoms with Gasteiger partial charge in [0.25, 0.3) is 0 Å². The number of hydrogen-bond acceptors (Lipinski definition) is 2. The molecule has 0 atom stereocenters. The van der Waals surface area contributed by atoms with Crippen molar-refractivity contribution in [3.8, 4) is 0 Å². The summed E-state index contributed by atoms with van der Waals surface area (Å²) in [5.41, 5.74) is 4.31. The summed E-state index contributed by atoms with van der Waals surface area (Å²) in [7, 11) is 0. The van der Waals surface area contributed by atoms with Crippen LogP contribution < -0.4 is 5.32 Å². The van der Waals surface area contributed by atoms with Crippen molar-refractivity contribution in [3.63, 3.8) is 0 Å². The SMILES string of the molecule is Cc1ccc(CCCN2CCNCC2)cc1C. The summed E-state index contributed by atoms with van der Waals surface area (Å²) in [4.78, 5) is 2.57. The van der Waals surface area contributed by atoms with Gasteiger partial charge in [0.05, 0.1) is 0 Å². The molecule has 0 radical (unpaired) electrons. The zero-order valence-corrected chi connectivity index (χ0v) is 11.1. The minimum absolute atomic E-state index is 1.16. The van der Waals surface area contributed by atoms with Crippen molar-refractivity contribution < 1.29 is 0 Å². The first-order valence-corrected chi connectivity index (χ1v) is 6.75. The molecule has 0 saturated carbocycles. The topological polar surface area (TPSA) is 15.3 Å². The molecule has 1 aromatic rings. The number of benzene rings is 1. The second kappa shape index (κ2) is 6.18. The van der Waals surface area contributed by atoms with Crippen LogP contribution in [0.5, 0.6) is 0 Å². The maximum absolute atomic E-state index is 3.39. The molecule has 1 N–H and O–H groups in total. The zero-order valence-electron chi connectivity index (χ0n) is 11.1. The van der Waals surface area contributed by atoms with E-state index in [0.717, 1.165) is 13.1 Å². The van der Waals surface area contributed by atoms with Crippen LogP contribution in [0.25, 0.3) is 0 Å². The second-order valence-corrected chi connectivity index (χ2v) is 5.11. The van der Waals surface area contributed by atoms with Crippen molar-refractivity contribution in [1.82, 2.24) is 10.2 Å². The van der Waals surface area contributed by atoms with E-state index in [1.807, 2.05) is 0 Å². The first-order chi connectivity index (χ1) is 8.25. The Bertz CT molecular complexity index is 354. The van der Waals surface area contributed by atoms with Crippen LogP contribution >= 0.6 is 0 Å². The number of hydrogen-bond donors (Lipinski definition) is 1. The van der Waals surface area contributed by atoms with Gasteiger partial charge in [0.15, 0.2) is 0 Å². The lowest BCUT2D eigenvalue weighted by Crippen LogP contribution is -2.43. The molecule has 0 aliphatic carbocycles. The minimum atomic E-state index is 1.16. The smallest absolute Gasteiger partial charge is 0.0107 e. The Morgan fingerprint density at radius 3 is 2.59 bits per heavy atom. The van der Waals surface area contributed by atoms with Crippen LogP contribution in [0.2, 0.25) is 0 Å². The molecule has 0 aromatic heterocycles. The lowest BCUT2D eigenvalue weighted by atomic mass is 10.0. The Labute approximate surface area is 105 Å². The number of aryl methyl sites for hydroxylation is 3. The van der Waals surface area contributed by atoms with Gasteiger partial charge >= 0.3 is 0 Å². The highest BCUT2D eigenvalue weighted by Gasteiger charge is 2.08. The Kier molecular flexibility index (Phi) is 4.57. The minimum Gasteiger partial charge on any atom is -0.314 e. The van der Waals surface area contributed by atoms with E-state index < -0.39 is 0 Å². The van der Waals surface area contributed by atoms with Crippen molar-refractivity contribution in [3.05, 3.63) is 34.9 Å². The first-order valence-electron chi connectivity index (χ1n) is 6.75. The quantitative estimate of drug-likeness (QED) is 0.855. The van der Waals surface area contributed by atoms with Gasteiger partial charge < -0.3 is 10.2 Å². The van der Waals surface area contributed by atoms with E-state index in [2.05, 4.69) is 42.3 Å². The van der Waals surface area contributed by atoms with Gasteiger partial charge in [-0.15, -0.1) is 0 Å². The number of rotatable bonds is 4. The highest BCUT2D eigenvalue weighted by Crippen LogP contribution is 2.11. The van der Waals surface area contributed by atoms with Gasteiger partial charge in [-0.3, -0.25) is 0 Å². The summed E-state index contributed by atoms with van der Waals surface area (Å²) in [6.45, 7) is 10.4. The molecule has 2 heteroatoms.